The molecule has 0 aliphatic carbocycles. The summed E-state index contributed by atoms with van der Waals surface area (Å²) < 4.78 is 3.32. The van der Waals surface area contributed by atoms with Gasteiger partial charge in [-0.05, 0) is 41.6 Å². The molecule has 8 nitrogen and oxygen atoms in total. The van der Waals surface area contributed by atoms with Crippen LogP contribution in [0.25, 0.3) is 11.4 Å². The van der Waals surface area contributed by atoms with E-state index in [1.54, 1.807) is 9.36 Å². The monoisotopic (exact) mass is 391 g/mol. The molecule has 140 valence electrons. The molecule has 4 aromatic rings. The molecule has 0 aliphatic rings. The Morgan fingerprint density at radius 1 is 1.00 bits per heavy atom. The van der Waals surface area contributed by atoms with Gasteiger partial charge in [0.05, 0.1) is 22.8 Å². The average molecular weight is 391 g/mol. The summed E-state index contributed by atoms with van der Waals surface area (Å²) in [6.45, 7) is 1.89. The standard InChI is InChI=1S/C19H17N7OS/c1-14-12-17(25(22-14)15-8-4-2-5-9-15)20-18(27)13-28-19-21-23-24-26(19)16-10-6-3-7-11-16/h2-12H,13H2,1H3,(H,20,27). The SMILES string of the molecule is Cc1cc(NC(=O)CSc2nnnn2-c2ccccc2)n(-c2ccccc2)n1. The fraction of sp³-hybridized carbons (Fsp3) is 0.105. The summed E-state index contributed by atoms with van der Waals surface area (Å²) in [6, 6.07) is 21.0. The first-order valence-corrected chi connectivity index (χ1v) is 9.58. The molecule has 0 saturated carbocycles. The molecule has 0 aliphatic heterocycles. The lowest BCUT2D eigenvalue weighted by Gasteiger charge is -2.09. The normalized spacial score (nSPS) is 10.8. The van der Waals surface area contributed by atoms with E-state index in [4.69, 9.17) is 0 Å². The largest absolute Gasteiger partial charge is 0.310 e. The summed E-state index contributed by atoms with van der Waals surface area (Å²) in [7, 11) is 0. The van der Waals surface area contributed by atoms with Crippen LogP contribution in [0, 0.1) is 6.92 Å². The van der Waals surface area contributed by atoms with Crippen molar-refractivity contribution in [3.63, 3.8) is 0 Å². The highest BCUT2D eigenvalue weighted by Gasteiger charge is 2.14. The van der Waals surface area contributed by atoms with Gasteiger partial charge in [-0.15, -0.1) is 5.10 Å². The third-order valence-corrected chi connectivity index (χ3v) is 4.79. The van der Waals surface area contributed by atoms with E-state index in [0.717, 1.165) is 17.1 Å². The van der Waals surface area contributed by atoms with Gasteiger partial charge >= 0.3 is 0 Å². The van der Waals surface area contributed by atoms with E-state index in [-0.39, 0.29) is 11.7 Å². The van der Waals surface area contributed by atoms with Crippen LogP contribution in [0.1, 0.15) is 5.69 Å². The Bertz CT molecular complexity index is 1080. The average Bonchev–Trinajstić information content (AvgIpc) is 3.34. The van der Waals surface area contributed by atoms with Crippen LogP contribution in [0.5, 0.6) is 0 Å². The number of carbonyl (C=O) groups is 1. The molecule has 0 fully saturated rings. The lowest BCUT2D eigenvalue weighted by atomic mass is 10.3. The fourth-order valence-corrected chi connectivity index (χ4v) is 3.35. The van der Waals surface area contributed by atoms with Gasteiger partial charge in [-0.1, -0.05) is 48.2 Å². The van der Waals surface area contributed by atoms with Gasteiger partial charge < -0.3 is 5.32 Å². The highest BCUT2D eigenvalue weighted by atomic mass is 32.2. The van der Waals surface area contributed by atoms with Crippen molar-refractivity contribution < 1.29 is 4.79 Å². The highest BCUT2D eigenvalue weighted by molar-refractivity contribution is 7.99. The molecule has 28 heavy (non-hydrogen) atoms. The first-order chi connectivity index (χ1) is 13.7. The van der Waals surface area contributed by atoms with Crippen LogP contribution in [-0.2, 0) is 4.79 Å². The third kappa shape index (κ3) is 3.94. The van der Waals surface area contributed by atoms with Crippen LogP contribution in [0.15, 0.2) is 71.9 Å². The third-order valence-electron chi connectivity index (χ3n) is 3.87. The van der Waals surface area contributed by atoms with E-state index in [9.17, 15) is 4.79 Å². The summed E-state index contributed by atoms with van der Waals surface area (Å²) in [6.07, 6.45) is 0. The minimum atomic E-state index is -0.162. The molecule has 1 amide bonds. The zero-order chi connectivity index (χ0) is 19.3. The molecule has 0 radical (unpaired) electrons. The molecule has 0 atom stereocenters. The van der Waals surface area contributed by atoms with Crippen LogP contribution >= 0.6 is 11.8 Å². The number of tetrazole rings is 1. The van der Waals surface area contributed by atoms with Gasteiger partial charge in [-0.3, -0.25) is 4.79 Å². The zero-order valence-electron chi connectivity index (χ0n) is 15.1. The molecule has 9 heteroatoms. The van der Waals surface area contributed by atoms with E-state index < -0.39 is 0 Å². The van der Waals surface area contributed by atoms with Crippen molar-refractivity contribution >= 4 is 23.5 Å². The van der Waals surface area contributed by atoms with Gasteiger partial charge in [-0.25, -0.2) is 4.68 Å². The Hall–Kier alpha value is -3.46. The molecule has 1 N–H and O–H groups in total. The Balaban J connectivity index is 1.45. The van der Waals surface area contributed by atoms with E-state index in [2.05, 4.69) is 25.9 Å². The van der Waals surface area contributed by atoms with Crippen molar-refractivity contribution in [2.75, 3.05) is 11.1 Å². The maximum absolute atomic E-state index is 12.5. The van der Waals surface area contributed by atoms with Crippen molar-refractivity contribution in [2.24, 2.45) is 0 Å². The number of aryl methyl sites for hydroxylation is 1. The molecule has 2 aromatic heterocycles. The number of anilines is 1. The zero-order valence-corrected chi connectivity index (χ0v) is 15.9. The summed E-state index contributed by atoms with van der Waals surface area (Å²) >= 11 is 1.27. The lowest BCUT2D eigenvalue weighted by Crippen LogP contribution is -2.17. The number of nitrogens with one attached hydrogen (secondary N) is 1. The fourth-order valence-electron chi connectivity index (χ4n) is 2.66. The molecule has 4 rings (SSSR count). The minimum Gasteiger partial charge on any atom is -0.310 e. The number of hydrogen-bond acceptors (Lipinski definition) is 6. The summed E-state index contributed by atoms with van der Waals surface area (Å²) in [5.74, 6) is 0.633. The number of nitrogens with zero attached hydrogens (tertiary/aromatic N) is 6. The maximum atomic E-state index is 12.5. The number of carbonyl (C=O) groups excluding carboxylic acids is 1. The number of rotatable bonds is 6. The summed E-state index contributed by atoms with van der Waals surface area (Å²) in [5, 5.41) is 19.6. The predicted molar refractivity (Wildman–Crippen MR) is 107 cm³/mol. The first-order valence-electron chi connectivity index (χ1n) is 8.59. The lowest BCUT2D eigenvalue weighted by molar-refractivity contribution is -0.113. The Labute approximate surface area is 165 Å². The number of hydrogen-bond donors (Lipinski definition) is 1. The minimum absolute atomic E-state index is 0.162. The Morgan fingerprint density at radius 2 is 1.64 bits per heavy atom. The second kappa shape index (κ2) is 8.05. The van der Waals surface area contributed by atoms with Crippen molar-refractivity contribution in [3.05, 3.63) is 72.4 Å². The van der Waals surface area contributed by atoms with Crippen molar-refractivity contribution in [1.29, 1.82) is 0 Å². The van der Waals surface area contributed by atoms with E-state index in [0.29, 0.717) is 11.0 Å². The Morgan fingerprint density at radius 3 is 2.32 bits per heavy atom. The summed E-state index contributed by atoms with van der Waals surface area (Å²) in [4.78, 5) is 12.5. The van der Waals surface area contributed by atoms with Crippen LogP contribution in [0.3, 0.4) is 0 Å². The van der Waals surface area contributed by atoms with Gasteiger partial charge in [0.25, 0.3) is 0 Å². The number of amides is 1. The number of para-hydroxylation sites is 2. The quantitative estimate of drug-likeness (QED) is 0.508. The van der Waals surface area contributed by atoms with Gasteiger partial charge in [-0.2, -0.15) is 9.78 Å². The maximum Gasteiger partial charge on any atom is 0.236 e. The van der Waals surface area contributed by atoms with Gasteiger partial charge in [0.2, 0.25) is 11.1 Å². The van der Waals surface area contributed by atoms with Crippen molar-refractivity contribution in [1.82, 2.24) is 30.0 Å². The van der Waals surface area contributed by atoms with Gasteiger partial charge in [0.1, 0.15) is 5.82 Å². The topological polar surface area (TPSA) is 90.5 Å². The molecule has 0 saturated heterocycles. The van der Waals surface area contributed by atoms with Crippen LogP contribution in [-0.4, -0.2) is 41.6 Å². The molecule has 0 bridgehead atoms. The molecule has 2 heterocycles. The predicted octanol–water partition coefficient (Wildman–Crippen LogP) is 2.89. The van der Waals surface area contributed by atoms with Gasteiger partial charge in [0.15, 0.2) is 0 Å². The molecule has 0 spiro atoms. The molecule has 2 aromatic carbocycles. The van der Waals surface area contributed by atoms with Crippen molar-refractivity contribution in [2.45, 2.75) is 12.1 Å². The second-order valence-corrected chi connectivity index (χ2v) is 6.91. The van der Waals surface area contributed by atoms with Crippen LogP contribution in [0.4, 0.5) is 5.82 Å². The number of aromatic nitrogens is 6. The highest BCUT2D eigenvalue weighted by Crippen LogP contribution is 2.20. The molecular weight excluding hydrogens is 374 g/mol. The second-order valence-electron chi connectivity index (χ2n) is 5.96. The summed E-state index contributed by atoms with van der Waals surface area (Å²) in [5.41, 5.74) is 2.54. The smallest absolute Gasteiger partial charge is 0.236 e. The number of benzene rings is 2. The van der Waals surface area contributed by atoms with Crippen molar-refractivity contribution in [3.8, 4) is 11.4 Å². The van der Waals surface area contributed by atoms with E-state index in [1.807, 2.05) is 73.7 Å². The molecule has 0 unspecified atom stereocenters. The van der Waals surface area contributed by atoms with Gasteiger partial charge in [0, 0.05) is 6.07 Å². The van der Waals surface area contributed by atoms with Crippen LogP contribution in [0.2, 0.25) is 0 Å². The van der Waals surface area contributed by atoms with E-state index in [1.165, 1.54) is 11.8 Å². The first kappa shape index (κ1) is 17.9. The number of thioether (sulfide) groups is 1. The van der Waals surface area contributed by atoms with Crippen LogP contribution < -0.4 is 5.32 Å². The Kier molecular flexibility index (Phi) is 5.16. The van der Waals surface area contributed by atoms with E-state index >= 15 is 0 Å². The molecular formula is C19H17N7OS.